The van der Waals surface area contributed by atoms with Gasteiger partial charge in [-0.3, -0.25) is 0 Å². The van der Waals surface area contributed by atoms with Crippen LogP contribution in [0.2, 0.25) is 16.4 Å². The van der Waals surface area contributed by atoms with E-state index >= 15 is 0 Å². The summed E-state index contributed by atoms with van der Waals surface area (Å²) in [6.07, 6.45) is 0. The van der Waals surface area contributed by atoms with Gasteiger partial charge in [0.25, 0.3) is 0 Å². The van der Waals surface area contributed by atoms with E-state index in [0.717, 1.165) is 0 Å². The van der Waals surface area contributed by atoms with E-state index in [1.165, 1.54) is 0 Å². The van der Waals surface area contributed by atoms with E-state index in [2.05, 4.69) is 16.4 Å². The van der Waals surface area contributed by atoms with E-state index in [1.54, 1.807) is 0 Å². The van der Waals surface area contributed by atoms with Gasteiger partial charge in [0, 0.05) is 0 Å². The van der Waals surface area contributed by atoms with Crippen LogP contribution in [-0.2, 0) is 0 Å². The predicted octanol–water partition coefficient (Wildman–Crippen LogP) is 1.48. The van der Waals surface area contributed by atoms with E-state index in [1.807, 2.05) is 0 Å². The zero-order valence-electron chi connectivity index (χ0n) is 4.58. The fraction of sp³-hybridized carbons (Fsp3) is 1.00. The van der Waals surface area contributed by atoms with Gasteiger partial charge in [0.15, 0.2) is 0 Å². The van der Waals surface area contributed by atoms with Gasteiger partial charge in [0.05, 0.1) is 0 Å². The van der Waals surface area contributed by atoms with Crippen LogP contribution in [0.5, 0.6) is 0 Å². The average Bonchev–Trinajstić information content (AvgIpc) is 0.811. The first kappa shape index (κ1) is 4.64. The average molecular weight is 116 g/mol. The van der Waals surface area contributed by atoms with Gasteiger partial charge >= 0.3 is 34.1 Å². The molecule has 0 nitrogen and oxygen atoms in total. The molecular formula is C3H10Ga+. The van der Waals surface area contributed by atoms with Gasteiger partial charge < -0.3 is 0 Å². The molecule has 0 fully saturated rings. The molecule has 0 atom stereocenters. The fourth-order valence-electron chi connectivity index (χ4n) is 0. The van der Waals surface area contributed by atoms with Crippen LogP contribution in [0.15, 0.2) is 0 Å². The zero-order valence-corrected chi connectivity index (χ0v) is 6.00. The molecule has 1 heteroatoms. The van der Waals surface area contributed by atoms with Gasteiger partial charge in [0.1, 0.15) is 0 Å². The third-order valence-electron chi connectivity index (χ3n) is 0. The second kappa shape index (κ2) is 1.91. The molecule has 0 rings (SSSR count). The molecule has 0 unspecified atom stereocenters. The molecule has 0 spiro atoms. The Morgan fingerprint density at radius 1 is 1.25 bits per heavy atom. The van der Waals surface area contributed by atoms with E-state index in [4.69, 9.17) is 0 Å². The van der Waals surface area contributed by atoms with Crippen LogP contribution in [-0.4, -0.2) is 16.2 Å². The standard InChI is InChI=1S/3CH3.Ga/h3*1H3;/p+1. The van der Waals surface area contributed by atoms with Gasteiger partial charge in [-0.15, -0.1) is 0 Å². The summed E-state index contributed by atoms with van der Waals surface area (Å²) in [5.74, 6) is 0. The van der Waals surface area contributed by atoms with Gasteiger partial charge in [-0.05, 0) is 0 Å². The minimum atomic E-state index is -0.479. The van der Waals surface area contributed by atoms with Gasteiger partial charge in [-0.2, -0.15) is 0 Å². The largest absolute Gasteiger partial charge is 1.00 e. The Morgan fingerprint density at radius 3 is 1.25 bits per heavy atom. The molecule has 0 saturated heterocycles. The van der Waals surface area contributed by atoms with E-state index in [0.29, 0.717) is 0 Å². The Morgan fingerprint density at radius 2 is 1.25 bits per heavy atom. The van der Waals surface area contributed by atoms with Crippen molar-refractivity contribution in [3.05, 3.63) is 0 Å². The summed E-state index contributed by atoms with van der Waals surface area (Å²) in [6.45, 7) is 0. The van der Waals surface area contributed by atoms with Crippen molar-refractivity contribution in [2.24, 2.45) is 0 Å². The monoisotopic (exact) mass is 115 g/mol. The normalized spacial score (nSPS) is 6.75. The SMILES string of the molecule is [CH3][Ga]([CH3])[CH3].[H+]. The first-order chi connectivity index (χ1) is 1.73. The first-order valence-corrected chi connectivity index (χ1v) is 9.00. The third-order valence-corrected chi connectivity index (χ3v) is 0. The van der Waals surface area contributed by atoms with Crippen molar-refractivity contribution in [2.75, 3.05) is 0 Å². The molecule has 0 aliphatic carbocycles. The minimum absolute atomic E-state index is 0. The van der Waals surface area contributed by atoms with Crippen molar-refractivity contribution in [3.8, 4) is 0 Å². The van der Waals surface area contributed by atoms with Gasteiger partial charge in [0.2, 0.25) is 0 Å². The van der Waals surface area contributed by atoms with Gasteiger partial charge in [-0.1, -0.05) is 0 Å². The van der Waals surface area contributed by atoms with E-state index < -0.39 is 16.2 Å². The molecule has 0 saturated carbocycles. The van der Waals surface area contributed by atoms with Crippen molar-refractivity contribution < 1.29 is 1.43 Å². The first-order valence-electron chi connectivity index (χ1n) is 1.73. The maximum absolute atomic E-state index is 2.35. The van der Waals surface area contributed by atoms with Gasteiger partial charge in [-0.25, -0.2) is 0 Å². The molecule has 4 heavy (non-hydrogen) atoms. The topological polar surface area (TPSA) is 0 Å². The number of hydrogen-bond donors (Lipinski definition) is 0. The van der Waals surface area contributed by atoms with E-state index in [-0.39, 0.29) is 1.43 Å². The molecule has 0 aliphatic rings. The summed E-state index contributed by atoms with van der Waals surface area (Å²) in [5, 5.41) is 0. The van der Waals surface area contributed by atoms with Crippen LogP contribution >= 0.6 is 0 Å². The summed E-state index contributed by atoms with van der Waals surface area (Å²) in [7, 11) is 0. The van der Waals surface area contributed by atoms with E-state index in [9.17, 15) is 0 Å². The van der Waals surface area contributed by atoms with Crippen molar-refractivity contribution in [3.63, 3.8) is 0 Å². The molecule has 0 aromatic carbocycles. The van der Waals surface area contributed by atoms with Crippen molar-refractivity contribution in [1.82, 2.24) is 0 Å². The Balaban J connectivity index is 0. The molecule has 0 bridgehead atoms. The molecule has 0 aromatic heterocycles. The maximum atomic E-state index is 2.35. The molecule has 0 aliphatic heterocycles. The molecule has 24 valence electrons. The zero-order chi connectivity index (χ0) is 3.58. The summed E-state index contributed by atoms with van der Waals surface area (Å²) in [4.78, 5) is 0. The second-order valence-corrected chi connectivity index (χ2v) is 9.00. The number of hydrogen-bond acceptors (Lipinski definition) is 0. The van der Waals surface area contributed by atoms with Crippen molar-refractivity contribution in [2.45, 2.75) is 16.4 Å². The molecule has 0 aromatic rings. The Bertz CT molecular complexity index is 11.6. The van der Waals surface area contributed by atoms with Crippen LogP contribution in [0, 0.1) is 0 Å². The second-order valence-electron chi connectivity index (χ2n) is 1.73. The van der Waals surface area contributed by atoms with Crippen LogP contribution in [0.1, 0.15) is 1.43 Å². The number of rotatable bonds is 0. The third kappa shape index (κ3) is 17.4. The quantitative estimate of drug-likeness (QED) is 0.420. The van der Waals surface area contributed by atoms with Crippen LogP contribution in [0.25, 0.3) is 0 Å². The fourth-order valence-corrected chi connectivity index (χ4v) is 0. The maximum Gasteiger partial charge on any atom is 1.00 e. The Kier molecular flexibility index (Phi) is 2.22. The molecule has 0 heterocycles. The summed E-state index contributed by atoms with van der Waals surface area (Å²) in [6, 6.07) is 0. The van der Waals surface area contributed by atoms with Crippen LogP contribution in [0.4, 0.5) is 0 Å². The summed E-state index contributed by atoms with van der Waals surface area (Å²) < 4.78 is 0. The molecular weight excluding hydrogens is 106 g/mol. The molecule has 0 N–H and O–H groups in total. The predicted molar refractivity (Wildman–Crippen MR) is 24.5 cm³/mol. The van der Waals surface area contributed by atoms with Crippen molar-refractivity contribution in [1.29, 1.82) is 0 Å². The van der Waals surface area contributed by atoms with Crippen LogP contribution in [0.3, 0.4) is 0 Å². The van der Waals surface area contributed by atoms with Crippen molar-refractivity contribution >= 4 is 16.2 Å². The smallest absolute Gasteiger partial charge is 1.00 e. The minimum Gasteiger partial charge on any atom is 1.00 e. The summed E-state index contributed by atoms with van der Waals surface area (Å²) >= 11 is -0.479. The molecule has 0 amide bonds. The van der Waals surface area contributed by atoms with Crippen LogP contribution < -0.4 is 0 Å². The summed E-state index contributed by atoms with van der Waals surface area (Å²) in [5.41, 5.74) is 7.06. The Labute approximate surface area is 34.7 Å². The Hall–Kier alpha value is 0.636. The molecule has 0 radical (unpaired) electrons.